The van der Waals surface area contributed by atoms with E-state index in [4.69, 9.17) is 9.72 Å². The van der Waals surface area contributed by atoms with Crippen LogP contribution in [-0.4, -0.2) is 40.7 Å². The topological polar surface area (TPSA) is 30.3 Å². The molecular formula is C25H33N3O. The Balaban J connectivity index is 1.20. The summed E-state index contributed by atoms with van der Waals surface area (Å²) in [6.45, 7) is 4.54. The molecule has 0 atom stereocenters. The number of hydrogen-bond acceptors (Lipinski definition) is 3. The molecule has 1 aromatic carbocycles. The molecule has 3 aromatic rings. The number of nitrogens with zero attached hydrogens (tertiary/aromatic N) is 3. The van der Waals surface area contributed by atoms with Gasteiger partial charge < -0.3 is 14.2 Å². The fourth-order valence-corrected chi connectivity index (χ4v) is 5.28. The van der Waals surface area contributed by atoms with Crippen LogP contribution in [0.2, 0.25) is 0 Å². The van der Waals surface area contributed by atoms with Crippen molar-refractivity contribution in [3.8, 4) is 5.88 Å². The first kappa shape index (κ1) is 18.9. The van der Waals surface area contributed by atoms with Crippen LogP contribution in [0.3, 0.4) is 0 Å². The van der Waals surface area contributed by atoms with Gasteiger partial charge in [-0.2, -0.15) is 0 Å². The monoisotopic (exact) mass is 391 g/mol. The minimum absolute atomic E-state index is 0.643. The van der Waals surface area contributed by atoms with Crippen LogP contribution in [0.25, 0.3) is 21.7 Å². The molecule has 0 spiro atoms. The third-order valence-corrected chi connectivity index (χ3v) is 7.09. The van der Waals surface area contributed by atoms with Crippen LogP contribution in [-0.2, 0) is 7.05 Å². The van der Waals surface area contributed by atoms with E-state index in [9.17, 15) is 0 Å². The molecule has 0 N–H and O–H groups in total. The maximum atomic E-state index is 6.31. The summed E-state index contributed by atoms with van der Waals surface area (Å²) >= 11 is 0. The molecule has 5 rings (SSSR count). The van der Waals surface area contributed by atoms with E-state index in [1.807, 2.05) is 0 Å². The molecule has 1 aliphatic heterocycles. The van der Waals surface area contributed by atoms with Crippen molar-refractivity contribution in [1.82, 2.24) is 14.5 Å². The van der Waals surface area contributed by atoms with Crippen molar-refractivity contribution in [2.24, 2.45) is 18.9 Å². The molecule has 0 bridgehead atoms. The van der Waals surface area contributed by atoms with Gasteiger partial charge in [-0.1, -0.05) is 43.9 Å². The second kappa shape index (κ2) is 8.35. The Bertz CT molecular complexity index is 965. The minimum Gasteiger partial charge on any atom is -0.477 e. The number of benzene rings is 1. The highest BCUT2D eigenvalue weighted by atomic mass is 16.5. The number of hydrogen-bond donors (Lipinski definition) is 0. The predicted octanol–water partition coefficient (Wildman–Crippen LogP) is 5.40. The largest absolute Gasteiger partial charge is 0.477 e. The first-order valence-electron chi connectivity index (χ1n) is 11.5. The average molecular weight is 392 g/mol. The number of pyridine rings is 1. The summed E-state index contributed by atoms with van der Waals surface area (Å²) in [6, 6.07) is 8.36. The minimum atomic E-state index is 0.643. The fourth-order valence-electron chi connectivity index (χ4n) is 5.28. The van der Waals surface area contributed by atoms with E-state index in [2.05, 4.69) is 53.2 Å². The molecule has 154 valence electrons. The van der Waals surface area contributed by atoms with E-state index < -0.39 is 0 Å². The van der Waals surface area contributed by atoms with Crippen molar-refractivity contribution in [2.75, 3.05) is 26.2 Å². The molecule has 2 aliphatic rings. The van der Waals surface area contributed by atoms with Crippen LogP contribution < -0.4 is 4.74 Å². The Labute approximate surface area is 173 Å². The Hall–Kier alpha value is -2.07. The lowest BCUT2D eigenvalue weighted by molar-refractivity contribution is 0.135. The van der Waals surface area contributed by atoms with Crippen LogP contribution in [0.5, 0.6) is 5.88 Å². The number of fused-ring (bicyclic) bond motifs is 3. The number of para-hydroxylation sites is 1. The summed E-state index contributed by atoms with van der Waals surface area (Å²) in [5, 5.41) is 3.56. The Morgan fingerprint density at radius 2 is 1.69 bits per heavy atom. The van der Waals surface area contributed by atoms with Crippen LogP contribution in [0, 0.1) is 11.8 Å². The Kier molecular flexibility index (Phi) is 5.45. The molecule has 2 fully saturated rings. The van der Waals surface area contributed by atoms with Gasteiger partial charge in [0, 0.05) is 30.2 Å². The van der Waals surface area contributed by atoms with Gasteiger partial charge in [0.1, 0.15) is 0 Å². The van der Waals surface area contributed by atoms with E-state index in [0.717, 1.165) is 29.3 Å². The number of ether oxygens (including phenoxy) is 1. The van der Waals surface area contributed by atoms with E-state index >= 15 is 0 Å². The standard InChI is InChI=1S/C25H33N3O/c1-27-16-22-21-8-4-5-9-24(21)26-25(23(22)17-27)29-18-20-11-14-28(15-12-20)13-10-19-6-2-3-7-19/h4-5,8-9,16-17,19-20H,2-3,6-7,10-15,18H2,1H3. The number of aryl methyl sites for hydroxylation is 1. The molecular weight excluding hydrogens is 358 g/mol. The molecule has 4 heteroatoms. The zero-order valence-electron chi connectivity index (χ0n) is 17.6. The number of piperidine rings is 1. The lowest BCUT2D eigenvalue weighted by Crippen LogP contribution is -2.36. The quantitative estimate of drug-likeness (QED) is 0.564. The normalized spacial score (nSPS) is 19.5. The van der Waals surface area contributed by atoms with Gasteiger partial charge in [-0.05, 0) is 56.8 Å². The van der Waals surface area contributed by atoms with Crippen molar-refractivity contribution in [3.63, 3.8) is 0 Å². The SMILES string of the molecule is Cn1cc2c(OCC3CCN(CCC4CCCC4)CC3)nc3ccccc3c2c1. The second-order valence-corrected chi connectivity index (χ2v) is 9.22. The molecule has 29 heavy (non-hydrogen) atoms. The van der Waals surface area contributed by atoms with E-state index in [1.54, 1.807) is 0 Å². The zero-order valence-corrected chi connectivity index (χ0v) is 17.6. The smallest absolute Gasteiger partial charge is 0.223 e. The third kappa shape index (κ3) is 4.13. The van der Waals surface area contributed by atoms with Gasteiger partial charge in [0.15, 0.2) is 0 Å². The molecule has 0 unspecified atom stereocenters. The Morgan fingerprint density at radius 1 is 0.931 bits per heavy atom. The fraction of sp³-hybridized carbons (Fsp3) is 0.560. The van der Waals surface area contributed by atoms with Gasteiger partial charge in [-0.3, -0.25) is 0 Å². The summed E-state index contributed by atoms with van der Waals surface area (Å²) in [6.07, 6.45) is 14.1. The van der Waals surface area contributed by atoms with Gasteiger partial charge in [0.2, 0.25) is 5.88 Å². The van der Waals surface area contributed by atoms with Crippen molar-refractivity contribution < 1.29 is 4.74 Å². The van der Waals surface area contributed by atoms with E-state index in [0.29, 0.717) is 5.92 Å². The first-order chi connectivity index (χ1) is 14.3. The van der Waals surface area contributed by atoms with Crippen molar-refractivity contribution >= 4 is 21.7 Å². The summed E-state index contributed by atoms with van der Waals surface area (Å²) in [4.78, 5) is 7.52. The maximum absolute atomic E-state index is 6.31. The van der Waals surface area contributed by atoms with Crippen LogP contribution in [0.1, 0.15) is 44.9 Å². The summed E-state index contributed by atoms with van der Waals surface area (Å²) in [7, 11) is 2.07. The zero-order chi connectivity index (χ0) is 19.6. The first-order valence-corrected chi connectivity index (χ1v) is 11.5. The van der Waals surface area contributed by atoms with Crippen LogP contribution in [0.15, 0.2) is 36.7 Å². The molecule has 1 saturated heterocycles. The van der Waals surface area contributed by atoms with Gasteiger partial charge in [0.05, 0.1) is 17.5 Å². The highest BCUT2D eigenvalue weighted by molar-refractivity contribution is 6.07. The van der Waals surface area contributed by atoms with Crippen LogP contribution in [0.4, 0.5) is 0 Å². The molecule has 2 aromatic heterocycles. The number of rotatable bonds is 6. The highest BCUT2D eigenvalue weighted by Gasteiger charge is 2.22. The lowest BCUT2D eigenvalue weighted by Gasteiger charge is -2.32. The molecule has 1 aliphatic carbocycles. The maximum Gasteiger partial charge on any atom is 0.223 e. The van der Waals surface area contributed by atoms with Gasteiger partial charge in [0.25, 0.3) is 0 Å². The van der Waals surface area contributed by atoms with Crippen LogP contribution >= 0.6 is 0 Å². The summed E-state index contributed by atoms with van der Waals surface area (Å²) in [5.41, 5.74) is 1.02. The van der Waals surface area contributed by atoms with E-state index in [-0.39, 0.29) is 0 Å². The average Bonchev–Trinajstić information content (AvgIpc) is 3.40. The third-order valence-electron chi connectivity index (χ3n) is 7.09. The van der Waals surface area contributed by atoms with E-state index in [1.165, 1.54) is 75.4 Å². The number of likely N-dealkylation sites (tertiary alicyclic amines) is 1. The molecule has 0 radical (unpaired) electrons. The Morgan fingerprint density at radius 3 is 2.52 bits per heavy atom. The predicted molar refractivity (Wildman–Crippen MR) is 119 cm³/mol. The van der Waals surface area contributed by atoms with Gasteiger partial charge >= 0.3 is 0 Å². The lowest BCUT2D eigenvalue weighted by atomic mass is 9.96. The van der Waals surface area contributed by atoms with Crippen molar-refractivity contribution in [2.45, 2.75) is 44.9 Å². The van der Waals surface area contributed by atoms with Crippen molar-refractivity contribution in [3.05, 3.63) is 36.7 Å². The summed E-state index contributed by atoms with van der Waals surface area (Å²) in [5.74, 6) is 2.44. The molecule has 4 nitrogen and oxygen atoms in total. The van der Waals surface area contributed by atoms with Gasteiger partial charge in [-0.15, -0.1) is 0 Å². The van der Waals surface area contributed by atoms with Gasteiger partial charge in [-0.25, -0.2) is 4.98 Å². The second-order valence-electron chi connectivity index (χ2n) is 9.22. The highest BCUT2D eigenvalue weighted by Crippen LogP contribution is 2.32. The molecule has 0 amide bonds. The summed E-state index contributed by atoms with van der Waals surface area (Å²) < 4.78 is 8.42. The number of aromatic nitrogens is 2. The van der Waals surface area contributed by atoms with Crippen molar-refractivity contribution in [1.29, 1.82) is 0 Å². The molecule has 3 heterocycles. The molecule has 1 saturated carbocycles.